The van der Waals surface area contributed by atoms with Crippen molar-refractivity contribution in [1.82, 2.24) is 5.32 Å². The maximum absolute atomic E-state index is 10.7. The van der Waals surface area contributed by atoms with Gasteiger partial charge in [0.05, 0.1) is 6.10 Å². The number of hydrogen-bond donors (Lipinski definition) is 3. The SMILES string of the molecule is COC1CC(NC(C)c2ccc(NC(N)=O)cc2)C1. The molecule has 0 radical (unpaired) electrons. The van der Waals surface area contributed by atoms with E-state index in [1.54, 1.807) is 7.11 Å². The Hall–Kier alpha value is -1.59. The topological polar surface area (TPSA) is 76.4 Å². The highest BCUT2D eigenvalue weighted by molar-refractivity contribution is 5.87. The molecule has 19 heavy (non-hydrogen) atoms. The smallest absolute Gasteiger partial charge is 0.316 e. The number of nitrogens with two attached hydrogens (primary N) is 1. The number of nitrogens with one attached hydrogen (secondary N) is 2. The first kappa shape index (κ1) is 13.8. The van der Waals surface area contributed by atoms with Gasteiger partial charge in [-0.15, -0.1) is 0 Å². The van der Waals surface area contributed by atoms with Crippen molar-refractivity contribution in [1.29, 1.82) is 0 Å². The fourth-order valence-electron chi connectivity index (χ4n) is 2.34. The summed E-state index contributed by atoms with van der Waals surface area (Å²) in [6.07, 6.45) is 2.55. The van der Waals surface area contributed by atoms with Crippen LogP contribution in [0.4, 0.5) is 10.5 Å². The van der Waals surface area contributed by atoms with Gasteiger partial charge in [0.1, 0.15) is 0 Å². The third kappa shape index (κ3) is 3.68. The van der Waals surface area contributed by atoms with Crippen LogP contribution in [0.25, 0.3) is 0 Å². The Morgan fingerprint density at radius 3 is 2.53 bits per heavy atom. The van der Waals surface area contributed by atoms with Gasteiger partial charge >= 0.3 is 6.03 Å². The van der Waals surface area contributed by atoms with Gasteiger partial charge in [-0.05, 0) is 37.5 Å². The average Bonchev–Trinajstić information content (AvgIpc) is 2.33. The predicted octanol–water partition coefficient (Wildman–Crippen LogP) is 2.01. The number of carbonyl (C=O) groups is 1. The van der Waals surface area contributed by atoms with Crippen LogP contribution in [0.5, 0.6) is 0 Å². The van der Waals surface area contributed by atoms with Gasteiger partial charge in [-0.2, -0.15) is 0 Å². The summed E-state index contributed by atoms with van der Waals surface area (Å²) in [6.45, 7) is 2.14. The first-order valence-electron chi connectivity index (χ1n) is 6.53. The van der Waals surface area contributed by atoms with Crippen LogP contribution in [0, 0.1) is 0 Å². The van der Waals surface area contributed by atoms with Crippen molar-refractivity contribution < 1.29 is 9.53 Å². The third-order valence-electron chi connectivity index (χ3n) is 3.59. The van der Waals surface area contributed by atoms with Crippen molar-refractivity contribution in [2.45, 2.75) is 38.0 Å². The summed E-state index contributed by atoms with van der Waals surface area (Å²) in [5, 5.41) is 6.11. The number of hydrogen-bond acceptors (Lipinski definition) is 3. The van der Waals surface area contributed by atoms with E-state index in [-0.39, 0.29) is 6.04 Å². The summed E-state index contributed by atoms with van der Waals surface area (Å²) >= 11 is 0. The molecule has 5 nitrogen and oxygen atoms in total. The van der Waals surface area contributed by atoms with E-state index in [0.717, 1.165) is 12.8 Å². The van der Waals surface area contributed by atoms with Crippen LogP contribution in [0.1, 0.15) is 31.4 Å². The summed E-state index contributed by atoms with van der Waals surface area (Å²) in [6, 6.07) is 7.98. The van der Waals surface area contributed by atoms with Crippen molar-refractivity contribution in [3.8, 4) is 0 Å². The Morgan fingerprint density at radius 1 is 1.37 bits per heavy atom. The van der Waals surface area contributed by atoms with Gasteiger partial charge in [-0.3, -0.25) is 0 Å². The quantitative estimate of drug-likeness (QED) is 0.760. The van der Waals surface area contributed by atoms with Gasteiger partial charge in [-0.1, -0.05) is 12.1 Å². The number of rotatable bonds is 5. The normalized spacial score (nSPS) is 23.5. The van der Waals surface area contributed by atoms with Crippen molar-refractivity contribution in [3.63, 3.8) is 0 Å². The molecular formula is C14H21N3O2. The van der Waals surface area contributed by atoms with Crippen molar-refractivity contribution in [2.75, 3.05) is 12.4 Å². The second-order valence-corrected chi connectivity index (χ2v) is 5.03. The van der Waals surface area contributed by atoms with Crippen LogP contribution >= 0.6 is 0 Å². The summed E-state index contributed by atoms with van der Waals surface area (Å²) in [5.41, 5.74) is 6.97. The number of urea groups is 1. The van der Waals surface area contributed by atoms with E-state index in [2.05, 4.69) is 17.6 Å². The Labute approximate surface area is 113 Å². The van der Waals surface area contributed by atoms with Crippen LogP contribution in [-0.2, 0) is 4.74 Å². The standard InChI is InChI=1S/C14H21N3O2/c1-9(16-12-7-13(8-12)19-2)10-3-5-11(6-4-10)17-14(15)18/h3-6,9,12-13,16H,7-8H2,1-2H3,(H3,15,17,18). The van der Waals surface area contributed by atoms with Crippen LogP contribution in [0.15, 0.2) is 24.3 Å². The fourth-order valence-corrected chi connectivity index (χ4v) is 2.34. The zero-order chi connectivity index (χ0) is 13.8. The van der Waals surface area contributed by atoms with Crippen molar-refractivity contribution in [3.05, 3.63) is 29.8 Å². The highest BCUT2D eigenvalue weighted by Crippen LogP contribution is 2.26. The molecule has 2 amide bonds. The molecule has 1 aliphatic carbocycles. The number of methoxy groups -OCH3 is 1. The Kier molecular flexibility index (Phi) is 4.39. The van der Waals surface area contributed by atoms with Crippen molar-refractivity contribution >= 4 is 11.7 Å². The minimum absolute atomic E-state index is 0.283. The number of ether oxygens (including phenoxy) is 1. The largest absolute Gasteiger partial charge is 0.381 e. The van der Waals surface area contributed by atoms with E-state index in [9.17, 15) is 4.79 Å². The molecule has 1 aromatic rings. The Bertz CT molecular complexity index is 427. The number of carbonyl (C=O) groups excluding carboxylic acids is 1. The van der Waals surface area contributed by atoms with E-state index in [0.29, 0.717) is 17.8 Å². The maximum atomic E-state index is 10.7. The van der Waals surface area contributed by atoms with Gasteiger partial charge in [0.2, 0.25) is 0 Å². The summed E-state index contributed by atoms with van der Waals surface area (Å²) in [7, 11) is 1.76. The monoisotopic (exact) mass is 263 g/mol. The molecule has 5 heteroatoms. The lowest BCUT2D eigenvalue weighted by Crippen LogP contribution is -2.45. The molecule has 0 aliphatic heterocycles. The zero-order valence-electron chi connectivity index (χ0n) is 11.3. The highest BCUT2D eigenvalue weighted by Gasteiger charge is 2.29. The maximum Gasteiger partial charge on any atom is 0.316 e. The molecule has 0 aromatic heterocycles. The van der Waals surface area contributed by atoms with E-state index in [4.69, 9.17) is 10.5 Å². The Morgan fingerprint density at radius 2 is 2.00 bits per heavy atom. The molecule has 0 saturated heterocycles. The van der Waals surface area contributed by atoms with E-state index >= 15 is 0 Å². The van der Waals surface area contributed by atoms with Gasteiger partial charge in [0.15, 0.2) is 0 Å². The fraction of sp³-hybridized carbons (Fsp3) is 0.500. The second kappa shape index (κ2) is 6.04. The lowest BCUT2D eigenvalue weighted by molar-refractivity contribution is 0.0147. The lowest BCUT2D eigenvalue weighted by atomic mass is 9.88. The molecule has 2 rings (SSSR count). The Balaban J connectivity index is 1.85. The molecule has 1 unspecified atom stereocenters. The molecule has 1 aromatic carbocycles. The molecule has 1 atom stereocenters. The zero-order valence-corrected chi connectivity index (χ0v) is 11.3. The summed E-state index contributed by atoms with van der Waals surface area (Å²) in [5.74, 6) is 0. The number of primary amides is 1. The molecule has 104 valence electrons. The first-order valence-corrected chi connectivity index (χ1v) is 6.53. The van der Waals surface area contributed by atoms with E-state index in [1.807, 2.05) is 24.3 Å². The highest BCUT2D eigenvalue weighted by atomic mass is 16.5. The molecule has 0 bridgehead atoms. The van der Waals surface area contributed by atoms with Gasteiger partial charge in [0.25, 0.3) is 0 Å². The minimum atomic E-state index is -0.543. The molecule has 0 heterocycles. The van der Waals surface area contributed by atoms with Crippen LogP contribution in [0.2, 0.25) is 0 Å². The number of anilines is 1. The lowest BCUT2D eigenvalue weighted by Gasteiger charge is -2.36. The second-order valence-electron chi connectivity index (χ2n) is 5.03. The molecule has 0 spiro atoms. The third-order valence-corrected chi connectivity index (χ3v) is 3.59. The average molecular weight is 263 g/mol. The summed E-state index contributed by atoms with van der Waals surface area (Å²) in [4.78, 5) is 10.7. The summed E-state index contributed by atoms with van der Waals surface area (Å²) < 4.78 is 5.26. The van der Waals surface area contributed by atoms with Crippen LogP contribution in [-0.4, -0.2) is 25.3 Å². The molecule has 1 aliphatic rings. The molecule has 4 N–H and O–H groups in total. The molecular weight excluding hydrogens is 242 g/mol. The van der Waals surface area contributed by atoms with Crippen molar-refractivity contribution in [2.24, 2.45) is 5.73 Å². The van der Waals surface area contributed by atoms with Gasteiger partial charge in [-0.25, -0.2) is 4.79 Å². The predicted molar refractivity (Wildman–Crippen MR) is 75.0 cm³/mol. The number of benzene rings is 1. The van der Waals surface area contributed by atoms with Crippen LogP contribution in [0.3, 0.4) is 0 Å². The minimum Gasteiger partial charge on any atom is -0.381 e. The number of amides is 2. The van der Waals surface area contributed by atoms with E-state index in [1.165, 1.54) is 5.56 Å². The molecule has 1 saturated carbocycles. The first-order chi connectivity index (χ1) is 9.08. The van der Waals surface area contributed by atoms with Crippen LogP contribution < -0.4 is 16.4 Å². The van der Waals surface area contributed by atoms with E-state index < -0.39 is 6.03 Å². The molecule has 1 fully saturated rings. The van der Waals surface area contributed by atoms with Gasteiger partial charge in [0, 0.05) is 24.9 Å². The van der Waals surface area contributed by atoms with Gasteiger partial charge < -0.3 is 21.1 Å².